The van der Waals surface area contributed by atoms with Crippen molar-refractivity contribution in [2.45, 2.75) is 31.8 Å². The van der Waals surface area contributed by atoms with E-state index in [1.54, 1.807) is 0 Å². The van der Waals surface area contributed by atoms with Crippen LogP contribution >= 0.6 is 0 Å². The number of nitrogens with zero attached hydrogens (tertiary/aromatic N) is 1. The van der Waals surface area contributed by atoms with Gasteiger partial charge in [0.25, 0.3) is 0 Å². The summed E-state index contributed by atoms with van der Waals surface area (Å²) in [6, 6.07) is 9.83. The van der Waals surface area contributed by atoms with Crippen molar-refractivity contribution in [3.63, 3.8) is 0 Å². The first-order valence-electron chi connectivity index (χ1n) is 6.58. The van der Waals surface area contributed by atoms with Crippen LogP contribution in [0.2, 0.25) is 0 Å². The van der Waals surface area contributed by atoms with E-state index in [0.717, 1.165) is 31.7 Å². The molecule has 0 aliphatic carbocycles. The molecule has 0 bridgehead atoms. The average molecular weight is 247 g/mol. The Hall–Kier alpha value is -1.55. The number of anilines is 1. The molecule has 1 aliphatic heterocycles. The van der Waals surface area contributed by atoms with E-state index in [0.29, 0.717) is 12.1 Å². The molecule has 1 aromatic carbocycles. The number of hydrogen-bond acceptors (Lipinski definition) is 2. The molecule has 0 amide bonds. The summed E-state index contributed by atoms with van der Waals surface area (Å²) in [5.41, 5.74) is 6.78. The van der Waals surface area contributed by atoms with Crippen molar-refractivity contribution in [3.05, 3.63) is 30.3 Å². The lowest BCUT2D eigenvalue weighted by atomic mass is 10.1. The Bertz CT molecular complexity index is 372. The minimum absolute atomic E-state index is 0.368. The summed E-state index contributed by atoms with van der Waals surface area (Å²) in [4.78, 5) is 4.32. The molecule has 3 N–H and O–H groups in total. The highest BCUT2D eigenvalue weighted by molar-refractivity contribution is 5.92. The van der Waals surface area contributed by atoms with Gasteiger partial charge < -0.3 is 15.8 Å². The summed E-state index contributed by atoms with van der Waals surface area (Å²) in [5.74, 6) is 0.469. The molecular weight excluding hydrogens is 226 g/mol. The van der Waals surface area contributed by atoms with E-state index in [-0.39, 0.29) is 0 Å². The van der Waals surface area contributed by atoms with Gasteiger partial charge in [-0.15, -0.1) is 0 Å². The summed E-state index contributed by atoms with van der Waals surface area (Å²) in [5, 5.41) is 3.07. The van der Waals surface area contributed by atoms with E-state index in [2.05, 4.69) is 10.3 Å². The Morgan fingerprint density at radius 2 is 2.17 bits per heavy atom. The molecule has 1 fully saturated rings. The van der Waals surface area contributed by atoms with Crippen LogP contribution in [0.25, 0.3) is 0 Å². The molecule has 1 aromatic rings. The predicted molar refractivity (Wildman–Crippen MR) is 74.8 cm³/mol. The number of rotatable bonds is 4. The zero-order valence-electron chi connectivity index (χ0n) is 10.6. The third-order valence-electron chi connectivity index (χ3n) is 3.05. The molecule has 0 aromatic heterocycles. The lowest BCUT2D eigenvalue weighted by Gasteiger charge is -2.21. The molecule has 1 heterocycles. The number of para-hydroxylation sites is 1. The van der Waals surface area contributed by atoms with Crippen LogP contribution in [-0.4, -0.2) is 25.2 Å². The quantitative estimate of drug-likeness (QED) is 0.634. The third kappa shape index (κ3) is 4.37. The maximum absolute atomic E-state index is 5.82. The van der Waals surface area contributed by atoms with Gasteiger partial charge in [0, 0.05) is 18.8 Å². The van der Waals surface area contributed by atoms with E-state index in [4.69, 9.17) is 10.5 Å². The van der Waals surface area contributed by atoms with Crippen LogP contribution in [0.1, 0.15) is 25.7 Å². The Kier molecular flexibility index (Phi) is 5.02. The van der Waals surface area contributed by atoms with Gasteiger partial charge >= 0.3 is 0 Å². The van der Waals surface area contributed by atoms with E-state index in [1.165, 1.54) is 12.8 Å². The maximum atomic E-state index is 5.82. The zero-order valence-corrected chi connectivity index (χ0v) is 10.6. The second-order valence-electron chi connectivity index (χ2n) is 4.54. The van der Waals surface area contributed by atoms with Gasteiger partial charge in [-0.1, -0.05) is 18.2 Å². The van der Waals surface area contributed by atoms with E-state index in [9.17, 15) is 0 Å². The SMILES string of the molecule is NC(=NCCC1CCCCO1)Nc1ccccc1. The van der Waals surface area contributed by atoms with Gasteiger partial charge in [0.15, 0.2) is 5.96 Å². The standard InChI is InChI=1S/C14H21N3O/c15-14(17-12-6-2-1-3-7-12)16-10-9-13-8-4-5-11-18-13/h1-3,6-7,13H,4-5,8-11H2,(H3,15,16,17). The largest absolute Gasteiger partial charge is 0.378 e. The van der Waals surface area contributed by atoms with Crippen molar-refractivity contribution in [1.82, 2.24) is 0 Å². The van der Waals surface area contributed by atoms with E-state index < -0.39 is 0 Å². The maximum Gasteiger partial charge on any atom is 0.193 e. The Labute approximate surface area is 108 Å². The number of aliphatic imine (C=N–C) groups is 1. The molecule has 18 heavy (non-hydrogen) atoms. The molecule has 1 saturated heterocycles. The first-order chi connectivity index (χ1) is 8.84. The fourth-order valence-corrected chi connectivity index (χ4v) is 2.07. The van der Waals surface area contributed by atoms with Gasteiger partial charge in [-0.3, -0.25) is 4.99 Å². The van der Waals surface area contributed by atoms with Gasteiger partial charge in [0.2, 0.25) is 0 Å². The molecule has 4 heteroatoms. The molecular formula is C14H21N3O. The van der Waals surface area contributed by atoms with Crippen LogP contribution in [0.5, 0.6) is 0 Å². The van der Waals surface area contributed by atoms with Crippen molar-refractivity contribution in [1.29, 1.82) is 0 Å². The summed E-state index contributed by atoms with van der Waals surface area (Å²) in [6.45, 7) is 1.61. The lowest BCUT2D eigenvalue weighted by molar-refractivity contribution is 0.0129. The molecule has 1 atom stereocenters. The predicted octanol–water partition coefficient (Wildman–Crippen LogP) is 2.37. The summed E-state index contributed by atoms with van der Waals surface area (Å²) in [6.07, 6.45) is 4.94. The van der Waals surface area contributed by atoms with Crippen molar-refractivity contribution in [2.75, 3.05) is 18.5 Å². The van der Waals surface area contributed by atoms with Crippen LogP contribution in [0, 0.1) is 0 Å². The van der Waals surface area contributed by atoms with Crippen molar-refractivity contribution in [3.8, 4) is 0 Å². The van der Waals surface area contributed by atoms with Crippen molar-refractivity contribution in [2.24, 2.45) is 10.7 Å². The molecule has 1 aliphatic rings. The van der Waals surface area contributed by atoms with Gasteiger partial charge in [-0.2, -0.15) is 0 Å². The van der Waals surface area contributed by atoms with Gasteiger partial charge in [-0.25, -0.2) is 0 Å². The average Bonchev–Trinajstić information content (AvgIpc) is 2.41. The fourth-order valence-electron chi connectivity index (χ4n) is 2.07. The highest BCUT2D eigenvalue weighted by Gasteiger charge is 2.12. The van der Waals surface area contributed by atoms with E-state index >= 15 is 0 Å². The topological polar surface area (TPSA) is 59.6 Å². The number of nitrogens with one attached hydrogen (secondary N) is 1. The molecule has 4 nitrogen and oxygen atoms in total. The Balaban J connectivity index is 1.71. The molecule has 0 spiro atoms. The first kappa shape index (κ1) is 12.9. The number of ether oxygens (including phenoxy) is 1. The molecule has 0 radical (unpaired) electrons. The molecule has 0 saturated carbocycles. The van der Waals surface area contributed by atoms with Crippen molar-refractivity contribution >= 4 is 11.6 Å². The highest BCUT2D eigenvalue weighted by Crippen LogP contribution is 2.15. The minimum atomic E-state index is 0.368. The van der Waals surface area contributed by atoms with Crippen molar-refractivity contribution < 1.29 is 4.74 Å². The fraction of sp³-hybridized carbons (Fsp3) is 0.500. The number of nitrogens with two attached hydrogens (primary N) is 1. The lowest BCUT2D eigenvalue weighted by Crippen LogP contribution is -2.24. The monoisotopic (exact) mass is 247 g/mol. The van der Waals surface area contributed by atoms with Crippen LogP contribution in [0.4, 0.5) is 5.69 Å². The van der Waals surface area contributed by atoms with Crippen LogP contribution in [-0.2, 0) is 4.74 Å². The van der Waals surface area contributed by atoms with E-state index in [1.807, 2.05) is 30.3 Å². The Morgan fingerprint density at radius 3 is 2.89 bits per heavy atom. The third-order valence-corrected chi connectivity index (χ3v) is 3.05. The highest BCUT2D eigenvalue weighted by atomic mass is 16.5. The summed E-state index contributed by atoms with van der Waals surface area (Å²) >= 11 is 0. The zero-order chi connectivity index (χ0) is 12.6. The molecule has 98 valence electrons. The second-order valence-corrected chi connectivity index (χ2v) is 4.54. The number of hydrogen-bond donors (Lipinski definition) is 2. The van der Waals surface area contributed by atoms with Gasteiger partial charge in [-0.05, 0) is 37.8 Å². The molecule has 1 unspecified atom stereocenters. The smallest absolute Gasteiger partial charge is 0.193 e. The van der Waals surface area contributed by atoms with Crippen LogP contribution in [0.3, 0.4) is 0 Å². The molecule has 2 rings (SSSR count). The van der Waals surface area contributed by atoms with Crippen LogP contribution < -0.4 is 11.1 Å². The summed E-state index contributed by atoms with van der Waals surface area (Å²) < 4.78 is 5.65. The second kappa shape index (κ2) is 7.01. The van der Waals surface area contributed by atoms with Crippen LogP contribution in [0.15, 0.2) is 35.3 Å². The Morgan fingerprint density at radius 1 is 1.33 bits per heavy atom. The normalized spacial score (nSPS) is 20.7. The van der Waals surface area contributed by atoms with Gasteiger partial charge in [0.1, 0.15) is 0 Å². The number of guanidine groups is 1. The first-order valence-corrected chi connectivity index (χ1v) is 6.58. The van der Waals surface area contributed by atoms with Gasteiger partial charge in [0.05, 0.1) is 6.10 Å². The number of benzene rings is 1. The summed E-state index contributed by atoms with van der Waals surface area (Å²) in [7, 11) is 0. The minimum Gasteiger partial charge on any atom is -0.378 e.